The Bertz CT molecular complexity index is 789. The van der Waals surface area contributed by atoms with Gasteiger partial charge in [-0.05, 0) is 25.5 Å². The lowest BCUT2D eigenvalue weighted by atomic mass is 10.2. The smallest absolute Gasteiger partial charge is 0.419 e. The van der Waals surface area contributed by atoms with Crippen molar-refractivity contribution in [2.45, 2.75) is 44.9 Å². The maximum atomic E-state index is 11.8. The molecule has 0 unspecified atom stereocenters. The monoisotopic (exact) mass is 319 g/mol. The number of aryl methyl sites for hydroxylation is 1. The number of para-hydroxylation sites is 2. The molecule has 23 heavy (non-hydrogen) atoms. The van der Waals surface area contributed by atoms with E-state index in [-0.39, 0.29) is 12.5 Å². The van der Waals surface area contributed by atoms with Crippen molar-refractivity contribution in [3.8, 4) is 0 Å². The topological polar surface area (TPSA) is 87.7 Å². The van der Waals surface area contributed by atoms with E-state index in [0.717, 1.165) is 0 Å². The maximum absolute atomic E-state index is 11.8. The Balaban J connectivity index is 1.55. The molecular formula is C16H17NO6. The molecule has 0 amide bonds. The Labute approximate surface area is 131 Å². The minimum absolute atomic E-state index is 0.115. The summed E-state index contributed by atoms with van der Waals surface area (Å²) in [6.07, 6.45) is -0.119. The number of rotatable bonds is 5. The molecule has 2 atom stereocenters. The summed E-state index contributed by atoms with van der Waals surface area (Å²) in [6.45, 7) is 2.10. The number of carbonyl (C=O) groups is 2. The zero-order chi connectivity index (χ0) is 16.4. The first-order valence-electron chi connectivity index (χ1n) is 7.53. The fourth-order valence-electron chi connectivity index (χ4n) is 2.64. The van der Waals surface area contributed by atoms with Gasteiger partial charge in [-0.15, -0.1) is 0 Å². The third kappa shape index (κ3) is 3.28. The molecule has 0 saturated carbocycles. The summed E-state index contributed by atoms with van der Waals surface area (Å²) in [6, 6.07) is 7.10. The number of oxazole rings is 1. The zero-order valence-electron chi connectivity index (χ0n) is 12.7. The molecule has 2 heterocycles. The van der Waals surface area contributed by atoms with Crippen molar-refractivity contribution in [1.82, 2.24) is 4.57 Å². The first-order valence-corrected chi connectivity index (χ1v) is 7.53. The molecule has 0 bridgehead atoms. The van der Waals surface area contributed by atoms with Crippen LogP contribution in [0.3, 0.4) is 0 Å². The van der Waals surface area contributed by atoms with Crippen LogP contribution in [0.2, 0.25) is 0 Å². The number of aromatic nitrogens is 1. The van der Waals surface area contributed by atoms with Crippen LogP contribution in [-0.2, 0) is 25.6 Å². The van der Waals surface area contributed by atoms with Crippen LogP contribution in [0.1, 0.15) is 26.2 Å². The van der Waals surface area contributed by atoms with Gasteiger partial charge in [0.05, 0.1) is 5.52 Å². The normalized spacial score (nSPS) is 20.7. The number of benzene rings is 1. The molecule has 0 spiro atoms. The van der Waals surface area contributed by atoms with Crippen LogP contribution in [0.15, 0.2) is 33.5 Å². The van der Waals surface area contributed by atoms with E-state index in [1.54, 1.807) is 25.1 Å². The van der Waals surface area contributed by atoms with Gasteiger partial charge >= 0.3 is 17.7 Å². The lowest BCUT2D eigenvalue weighted by Gasteiger charge is -2.08. The number of cyclic esters (lactones) is 1. The van der Waals surface area contributed by atoms with E-state index in [2.05, 4.69) is 0 Å². The van der Waals surface area contributed by atoms with Crippen molar-refractivity contribution < 1.29 is 23.5 Å². The molecule has 1 aromatic carbocycles. The third-order valence-corrected chi connectivity index (χ3v) is 3.74. The largest absolute Gasteiger partial charge is 0.460 e. The van der Waals surface area contributed by atoms with Crippen molar-refractivity contribution in [2.75, 3.05) is 0 Å². The quantitative estimate of drug-likeness (QED) is 0.778. The number of esters is 2. The molecule has 2 aromatic rings. The van der Waals surface area contributed by atoms with Crippen molar-refractivity contribution in [3.63, 3.8) is 0 Å². The summed E-state index contributed by atoms with van der Waals surface area (Å²) < 4.78 is 16.6. The van der Waals surface area contributed by atoms with Crippen molar-refractivity contribution in [1.29, 1.82) is 0 Å². The van der Waals surface area contributed by atoms with E-state index in [1.807, 2.05) is 6.07 Å². The van der Waals surface area contributed by atoms with Gasteiger partial charge in [0.15, 0.2) is 5.58 Å². The predicted octanol–water partition coefficient (Wildman–Crippen LogP) is 1.62. The Morgan fingerprint density at radius 3 is 2.87 bits per heavy atom. The van der Waals surface area contributed by atoms with Gasteiger partial charge in [-0.3, -0.25) is 9.36 Å². The summed E-state index contributed by atoms with van der Waals surface area (Å²) in [5.74, 6) is -1.42. The summed E-state index contributed by atoms with van der Waals surface area (Å²) in [7, 11) is 0. The third-order valence-electron chi connectivity index (χ3n) is 3.74. The minimum Gasteiger partial charge on any atom is -0.460 e. The number of nitrogens with zero attached hydrogens (tertiary/aromatic N) is 1. The summed E-state index contributed by atoms with van der Waals surface area (Å²) in [5, 5.41) is 0. The van der Waals surface area contributed by atoms with Crippen LogP contribution < -0.4 is 5.76 Å². The van der Waals surface area contributed by atoms with Gasteiger partial charge in [-0.2, -0.15) is 0 Å². The van der Waals surface area contributed by atoms with Crippen LogP contribution in [0, 0.1) is 0 Å². The number of ether oxygens (including phenoxy) is 2. The van der Waals surface area contributed by atoms with E-state index >= 15 is 0 Å². The molecule has 0 radical (unpaired) electrons. The molecule has 7 nitrogen and oxygen atoms in total. The number of carbonyl (C=O) groups excluding carboxylic acids is 2. The van der Waals surface area contributed by atoms with Crippen molar-refractivity contribution >= 4 is 23.0 Å². The number of hydrogen-bond acceptors (Lipinski definition) is 6. The average Bonchev–Trinajstić information content (AvgIpc) is 2.98. The fraction of sp³-hybridized carbons (Fsp3) is 0.438. The second-order valence-corrected chi connectivity index (χ2v) is 5.55. The van der Waals surface area contributed by atoms with Gasteiger partial charge in [0.2, 0.25) is 6.10 Å². The molecule has 3 rings (SSSR count). The number of hydrogen-bond donors (Lipinski definition) is 0. The van der Waals surface area contributed by atoms with E-state index in [1.165, 1.54) is 4.57 Å². The highest BCUT2D eigenvalue weighted by Gasteiger charge is 2.34. The minimum atomic E-state index is -0.810. The van der Waals surface area contributed by atoms with Crippen LogP contribution in [0.4, 0.5) is 0 Å². The molecule has 1 aliphatic rings. The molecule has 0 N–H and O–H groups in total. The Morgan fingerprint density at radius 2 is 2.13 bits per heavy atom. The Morgan fingerprint density at radius 1 is 1.35 bits per heavy atom. The van der Waals surface area contributed by atoms with Crippen LogP contribution >= 0.6 is 0 Å². The first-order chi connectivity index (χ1) is 11.0. The van der Waals surface area contributed by atoms with Gasteiger partial charge in [0.25, 0.3) is 0 Å². The van der Waals surface area contributed by atoms with Gasteiger partial charge in [-0.25, -0.2) is 9.59 Å². The van der Waals surface area contributed by atoms with Crippen LogP contribution in [0.5, 0.6) is 0 Å². The summed E-state index contributed by atoms with van der Waals surface area (Å²) in [5.41, 5.74) is 1.21. The van der Waals surface area contributed by atoms with E-state index in [4.69, 9.17) is 13.9 Å². The lowest BCUT2D eigenvalue weighted by molar-refractivity contribution is -0.160. The van der Waals surface area contributed by atoms with Crippen molar-refractivity contribution in [2.24, 2.45) is 0 Å². The molecule has 0 aliphatic carbocycles. The van der Waals surface area contributed by atoms with Crippen molar-refractivity contribution in [3.05, 3.63) is 34.8 Å². The molecular weight excluding hydrogens is 302 g/mol. The maximum Gasteiger partial charge on any atom is 0.419 e. The Kier molecular flexibility index (Phi) is 4.18. The van der Waals surface area contributed by atoms with Gasteiger partial charge < -0.3 is 13.9 Å². The van der Waals surface area contributed by atoms with Gasteiger partial charge in [-0.1, -0.05) is 12.1 Å². The molecule has 1 aromatic heterocycles. The highest BCUT2D eigenvalue weighted by atomic mass is 16.6. The molecule has 1 aliphatic heterocycles. The molecule has 1 saturated heterocycles. The van der Waals surface area contributed by atoms with Gasteiger partial charge in [0, 0.05) is 19.4 Å². The van der Waals surface area contributed by atoms with E-state index < -0.39 is 23.8 Å². The summed E-state index contributed by atoms with van der Waals surface area (Å²) >= 11 is 0. The molecule has 7 heteroatoms. The highest BCUT2D eigenvalue weighted by molar-refractivity contribution is 5.81. The van der Waals surface area contributed by atoms with E-state index in [0.29, 0.717) is 30.5 Å². The predicted molar refractivity (Wildman–Crippen MR) is 79.8 cm³/mol. The zero-order valence-corrected chi connectivity index (χ0v) is 12.7. The summed E-state index contributed by atoms with van der Waals surface area (Å²) in [4.78, 5) is 35.0. The second-order valence-electron chi connectivity index (χ2n) is 5.55. The average molecular weight is 319 g/mol. The lowest BCUT2D eigenvalue weighted by Crippen LogP contribution is -2.23. The van der Waals surface area contributed by atoms with E-state index in [9.17, 15) is 14.4 Å². The fourth-order valence-corrected chi connectivity index (χ4v) is 2.64. The van der Waals surface area contributed by atoms with Crippen LogP contribution in [-0.4, -0.2) is 28.7 Å². The Hall–Kier alpha value is -2.57. The molecule has 122 valence electrons. The van der Waals surface area contributed by atoms with Crippen LogP contribution in [0.25, 0.3) is 11.1 Å². The SMILES string of the molecule is C[C@H]1C[C@H](OC(=O)CCCn2c(=O)oc3ccccc32)C(=O)O1. The number of fused-ring (bicyclic) bond motifs is 1. The first kappa shape index (κ1) is 15.3. The molecule has 1 fully saturated rings. The highest BCUT2D eigenvalue weighted by Crippen LogP contribution is 2.18. The van der Waals surface area contributed by atoms with Gasteiger partial charge in [0.1, 0.15) is 6.10 Å². The second kappa shape index (κ2) is 6.28. The standard InChI is InChI=1S/C16H17NO6/c1-10-9-13(15(19)21-10)22-14(18)7-4-8-17-11-5-2-3-6-12(11)23-16(17)20/h2-3,5-6,10,13H,4,7-9H2,1H3/t10-,13-/m0/s1.